The van der Waals surface area contributed by atoms with Gasteiger partial charge in [-0.3, -0.25) is 0 Å². The number of ether oxygens (including phenoxy) is 1. The highest BCUT2D eigenvalue weighted by Crippen LogP contribution is 2.14. The molecular formula is C11H24N2O. The molecule has 84 valence electrons. The zero-order valence-electron chi connectivity index (χ0n) is 9.75. The summed E-state index contributed by atoms with van der Waals surface area (Å²) in [6, 6.07) is 0. The van der Waals surface area contributed by atoms with Crippen LogP contribution in [0.5, 0.6) is 0 Å². The first kappa shape index (κ1) is 12.0. The molecular weight excluding hydrogens is 176 g/mol. The number of hydrogen-bond donors (Lipinski definition) is 1. The summed E-state index contributed by atoms with van der Waals surface area (Å²) in [5.41, 5.74) is 5.93. The minimum absolute atomic E-state index is 0.0297. The van der Waals surface area contributed by atoms with Gasteiger partial charge in [-0.2, -0.15) is 0 Å². The molecule has 0 aromatic carbocycles. The molecule has 1 rings (SSSR count). The molecule has 0 unspecified atom stereocenters. The van der Waals surface area contributed by atoms with Gasteiger partial charge in [0.15, 0.2) is 0 Å². The van der Waals surface area contributed by atoms with Gasteiger partial charge in [0.1, 0.15) is 0 Å². The number of rotatable bonds is 4. The van der Waals surface area contributed by atoms with Crippen LogP contribution in [-0.2, 0) is 4.74 Å². The van der Waals surface area contributed by atoms with E-state index in [1.807, 2.05) is 7.11 Å². The third kappa shape index (κ3) is 4.40. The van der Waals surface area contributed by atoms with Crippen LogP contribution in [0.15, 0.2) is 0 Å². The highest BCUT2D eigenvalue weighted by Gasteiger charge is 2.20. The Balaban J connectivity index is 2.16. The normalized spacial score (nSPS) is 21.4. The molecule has 3 nitrogen and oxygen atoms in total. The lowest BCUT2D eigenvalue weighted by Crippen LogP contribution is -2.41. The van der Waals surface area contributed by atoms with Gasteiger partial charge in [0, 0.05) is 25.7 Å². The summed E-state index contributed by atoms with van der Waals surface area (Å²) in [4.78, 5) is 2.49. The first-order valence-electron chi connectivity index (χ1n) is 5.55. The molecule has 0 aliphatic carbocycles. The topological polar surface area (TPSA) is 38.5 Å². The highest BCUT2D eigenvalue weighted by molar-refractivity contribution is 4.77. The molecule has 0 bridgehead atoms. The van der Waals surface area contributed by atoms with Gasteiger partial charge in [-0.25, -0.2) is 0 Å². The Morgan fingerprint density at radius 3 is 2.36 bits per heavy atom. The third-order valence-corrected chi connectivity index (χ3v) is 2.94. The number of nitrogens with two attached hydrogens (primary N) is 1. The van der Waals surface area contributed by atoms with E-state index < -0.39 is 0 Å². The van der Waals surface area contributed by atoms with Crippen LogP contribution in [0.3, 0.4) is 0 Å². The Morgan fingerprint density at radius 2 is 1.93 bits per heavy atom. The van der Waals surface area contributed by atoms with Gasteiger partial charge in [-0.05, 0) is 39.7 Å². The van der Waals surface area contributed by atoms with Gasteiger partial charge in [0.25, 0.3) is 0 Å². The summed E-state index contributed by atoms with van der Waals surface area (Å²) < 4.78 is 5.33. The summed E-state index contributed by atoms with van der Waals surface area (Å²) in [6.07, 6.45) is 3.89. The number of nitrogens with zero attached hydrogens (tertiary/aromatic N) is 1. The maximum Gasteiger partial charge on any atom is 0.0595 e. The molecule has 0 saturated carbocycles. The Labute approximate surface area is 87.6 Å². The van der Waals surface area contributed by atoms with E-state index in [1.54, 1.807) is 0 Å². The van der Waals surface area contributed by atoms with E-state index in [2.05, 4.69) is 18.7 Å². The van der Waals surface area contributed by atoms with Crippen LogP contribution in [0.1, 0.15) is 33.1 Å². The maximum absolute atomic E-state index is 5.95. The summed E-state index contributed by atoms with van der Waals surface area (Å²) in [6.45, 7) is 7.63. The first-order valence-corrected chi connectivity index (χ1v) is 5.55. The van der Waals surface area contributed by atoms with E-state index in [0.29, 0.717) is 6.10 Å². The van der Waals surface area contributed by atoms with Crippen LogP contribution in [0, 0.1) is 0 Å². The molecule has 3 heteroatoms. The van der Waals surface area contributed by atoms with Gasteiger partial charge in [-0.15, -0.1) is 0 Å². The van der Waals surface area contributed by atoms with Gasteiger partial charge >= 0.3 is 0 Å². The Hall–Kier alpha value is -0.120. The molecule has 0 atom stereocenters. The van der Waals surface area contributed by atoms with Crippen molar-refractivity contribution < 1.29 is 4.74 Å². The average Bonchev–Trinajstić information content (AvgIpc) is 2.14. The molecule has 1 heterocycles. The van der Waals surface area contributed by atoms with Gasteiger partial charge in [0.05, 0.1) is 6.10 Å². The lowest BCUT2D eigenvalue weighted by atomic mass is 10.0. The van der Waals surface area contributed by atoms with Crippen molar-refractivity contribution in [3.05, 3.63) is 0 Å². The fourth-order valence-electron chi connectivity index (χ4n) is 1.81. The molecule has 14 heavy (non-hydrogen) atoms. The van der Waals surface area contributed by atoms with Crippen LogP contribution >= 0.6 is 0 Å². The van der Waals surface area contributed by atoms with E-state index in [1.165, 1.54) is 12.8 Å². The summed E-state index contributed by atoms with van der Waals surface area (Å²) in [5, 5.41) is 0. The minimum Gasteiger partial charge on any atom is -0.381 e. The molecule has 1 aliphatic heterocycles. The molecule has 1 fully saturated rings. The minimum atomic E-state index is -0.0297. The summed E-state index contributed by atoms with van der Waals surface area (Å²) in [5.74, 6) is 0. The largest absolute Gasteiger partial charge is 0.381 e. The highest BCUT2D eigenvalue weighted by atomic mass is 16.5. The lowest BCUT2D eigenvalue weighted by Gasteiger charge is -2.32. The lowest BCUT2D eigenvalue weighted by molar-refractivity contribution is 0.0395. The summed E-state index contributed by atoms with van der Waals surface area (Å²) in [7, 11) is 1.81. The monoisotopic (exact) mass is 200 g/mol. The van der Waals surface area contributed by atoms with E-state index in [4.69, 9.17) is 10.5 Å². The second-order valence-corrected chi connectivity index (χ2v) is 5.02. The molecule has 0 spiro atoms. The van der Waals surface area contributed by atoms with Gasteiger partial charge in [0.2, 0.25) is 0 Å². The van der Waals surface area contributed by atoms with Crippen molar-refractivity contribution in [3.8, 4) is 0 Å². The molecule has 0 radical (unpaired) electrons. The second-order valence-electron chi connectivity index (χ2n) is 5.02. The molecule has 1 aliphatic rings. The van der Waals surface area contributed by atoms with Crippen molar-refractivity contribution in [2.75, 3.05) is 26.7 Å². The van der Waals surface area contributed by atoms with Crippen molar-refractivity contribution in [3.63, 3.8) is 0 Å². The molecule has 0 aromatic heterocycles. The number of likely N-dealkylation sites (tertiary alicyclic amines) is 1. The average molecular weight is 200 g/mol. The van der Waals surface area contributed by atoms with E-state index >= 15 is 0 Å². The van der Waals surface area contributed by atoms with Crippen LogP contribution in [0.25, 0.3) is 0 Å². The number of hydrogen-bond acceptors (Lipinski definition) is 3. The second kappa shape index (κ2) is 5.10. The van der Waals surface area contributed by atoms with Gasteiger partial charge in [-0.1, -0.05) is 0 Å². The SMILES string of the molecule is COC1CCN(CCC(C)(C)N)CC1. The van der Waals surface area contributed by atoms with Crippen LogP contribution in [0.4, 0.5) is 0 Å². The predicted molar refractivity (Wildman–Crippen MR) is 59.4 cm³/mol. The fraction of sp³-hybridized carbons (Fsp3) is 1.00. The zero-order chi connectivity index (χ0) is 10.6. The van der Waals surface area contributed by atoms with Crippen molar-refractivity contribution in [2.24, 2.45) is 5.73 Å². The Bertz CT molecular complexity index is 157. The van der Waals surface area contributed by atoms with Crippen molar-refractivity contribution in [1.29, 1.82) is 0 Å². The van der Waals surface area contributed by atoms with Crippen molar-refractivity contribution in [2.45, 2.75) is 44.8 Å². The van der Waals surface area contributed by atoms with Crippen molar-refractivity contribution >= 4 is 0 Å². The standard InChI is InChI=1S/C11H24N2O/c1-11(2,12)6-9-13-7-4-10(14-3)5-8-13/h10H,4-9,12H2,1-3H3. The predicted octanol–water partition coefficient (Wildman–Crippen LogP) is 1.22. The van der Waals surface area contributed by atoms with E-state index in [-0.39, 0.29) is 5.54 Å². The number of methoxy groups -OCH3 is 1. The molecule has 0 aromatic rings. The quantitative estimate of drug-likeness (QED) is 0.741. The van der Waals surface area contributed by atoms with E-state index in [0.717, 1.165) is 26.1 Å². The number of piperidine rings is 1. The molecule has 2 N–H and O–H groups in total. The molecule has 0 amide bonds. The zero-order valence-corrected chi connectivity index (χ0v) is 9.75. The van der Waals surface area contributed by atoms with Gasteiger partial charge < -0.3 is 15.4 Å². The van der Waals surface area contributed by atoms with Crippen molar-refractivity contribution in [1.82, 2.24) is 4.90 Å². The summed E-state index contributed by atoms with van der Waals surface area (Å²) >= 11 is 0. The smallest absolute Gasteiger partial charge is 0.0595 e. The van der Waals surface area contributed by atoms with Crippen LogP contribution in [0.2, 0.25) is 0 Å². The fourth-order valence-corrected chi connectivity index (χ4v) is 1.81. The van der Waals surface area contributed by atoms with Crippen LogP contribution in [-0.4, -0.2) is 43.3 Å². The van der Waals surface area contributed by atoms with Crippen LogP contribution < -0.4 is 5.73 Å². The first-order chi connectivity index (χ1) is 6.51. The Morgan fingerprint density at radius 1 is 1.36 bits per heavy atom. The molecule has 1 saturated heterocycles. The third-order valence-electron chi connectivity index (χ3n) is 2.94. The maximum atomic E-state index is 5.95. The van der Waals surface area contributed by atoms with E-state index in [9.17, 15) is 0 Å². The Kier molecular flexibility index (Phi) is 4.35.